The van der Waals surface area contributed by atoms with E-state index < -0.39 is 46.6 Å². The second-order valence-electron chi connectivity index (χ2n) is 15.1. The molecule has 11 rings (SSSR count). The molecule has 0 saturated carbocycles. The Morgan fingerprint density at radius 1 is 1.02 bits per heavy atom. The summed E-state index contributed by atoms with van der Waals surface area (Å²) in [4.78, 5) is 31.7. The minimum absolute atomic E-state index is 0.00777. The number of phenolic OH excluding ortho intramolecular Hbond substituents is 2. The fraction of sp³-hybridized carbons (Fsp3) is 0.487. The number of rotatable bonds is 3. The quantitative estimate of drug-likeness (QED) is 0.226. The Hall–Kier alpha value is -4.41. The maximum Gasteiger partial charge on any atom is 0.331 e. The van der Waals surface area contributed by atoms with E-state index in [1.807, 2.05) is 31.9 Å². The third kappa shape index (κ3) is 4.74. The number of aliphatic hydroxyl groups is 1. The fourth-order valence-electron chi connectivity index (χ4n) is 10.1. The number of thioether (sulfide) groups is 1. The molecule has 0 radical (unpaired) electrons. The summed E-state index contributed by atoms with van der Waals surface area (Å²) in [6.07, 6.45) is 0.730. The summed E-state index contributed by atoms with van der Waals surface area (Å²) in [5.41, 5.74) is 2.60. The number of likely N-dealkylation sites (N-methyl/N-ethyl adjacent to an activating group) is 1. The number of piperazine rings is 1. The fourth-order valence-corrected chi connectivity index (χ4v) is 11.8. The molecule has 4 bridgehead atoms. The zero-order chi connectivity index (χ0) is 38.0. The first-order valence-electron chi connectivity index (χ1n) is 18.0. The van der Waals surface area contributed by atoms with E-state index >= 15 is 0 Å². The Balaban J connectivity index is 1.33. The average molecular weight is 762 g/mol. The van der Waals surface area contributed by atoms with Crippen molar-refractivity contribution in [2.24, 2.45) is 0 Å². The molecule has 8 heterocycles. The molecule has 4 N–H and O–H groups in total. The minimum atomic E-state index is -1.52. The summed E-state index contributed by atoms with van der Waals surface area (Å²) in [6, 6.07) is 3.43. The number of carbonyl (C=O) groups is 2. The van der Waals surface area contributed by atoms with Gasteiger partial charge in [0.15, 0.2) is 40.0 Å². The van der Waals surface area contributed by atoms with Crippen LogP contribution in [0.5, 0.6) is 40.2 Å². The van der Waals surface area contributed by atoms with Gasteiger partial charge in [0, 0.05) is 60.5 Å². The highest BCUT2D eigenvalue weighted by molar-refractivity contribution is 7.99. The highest BCUT2D eigenvalue weighted by Gasteiger charge is 2.63. The molecule has 3 aromatic carbocycles. The molecule has 15 heteroatoms. The van der Waals surface area contributed by atoms with Crippen molar-refractivity contribution in [1.29, 1.82) is 0 Å². The van der Waals surface area contributed by atoms with Gasteiger partial charge in [-0.2, -0.15) is 0 Å². The first-order chi connectivity index (χ1) is 25.8. The lowest BCUT2D eigenvalue weighted by Crippen LogP contribution is -2.70. The highest BCUT2D eigenvalue weighted by atomic mass is 32.2. The van der Waals surface area contributed by atoms with Crippen LogP contribution in [0.4, 0.5) is 0 Å². The molecule has 1 spiro atoms. The molecule has 8 aliphatic rings. The Bertz CT molecular complexity index is 2150. The number of aryl methyl sites for hydroxylation is 1. The smallest absolute Gasteiger partial charge is 0.331 e. The van der Waals surface area contributed by atoms with Crippen LogP contribution in [0.2, 0.25) is 0 Å². The van der Waals surface area contributed by atoms with Crippen molar-refractivity contribution in [3.8, 4) is 40.2 Å². The number of methoxy groups -OCH3 is 2. The number of hydrogen-bond acceptors (Lipinski definition) is 15. The number of fused-ring (bicyclic) bond motifs is 6. The third-order valence-corrected chi connectivity index (χ3v) is 13.6. The molecule has 14 nitrogen and oxygen atoms in total. The number of esters is 2. The lowest BCUT2D eigenvalue weighted by Gasteiger charge is -2.60. The third-order valence-electron chi connectivity index (χ3n) is 12.1. The van der Waals surface area contributed by atoms with Gasteiger partial charge in [0.25, 0.3) is 0 Å². The molecule has 8 aliphatic heterocycles. The molecule has 2 saturated heterocycles. The van der Waals surface area contributed by atoms with Crippen molar-refractivity contribution < 1.29 is 53.3 Å². The molecular weight excluding hydrogens is 719 g/mol. The SMILES string of the molecule is COc1cc2c(cc1O)CCN[C@]21CS[C@@H]2c3c(OC(C)=O)c(C)c4c(c3[C@H](COC1=O)N1[C@@H]2C2c3c(cc(C)c(OC)c3O)CC1(O)CN2C)OCO4. The van der Waals surface area contributed by atoms with Crippen LogP contribution in [0, 0.1) is 13.8 Å². The molecule has 3 aromatic rings. The van der Waals surface area contributed by atoms with E-state index in [1.165, 1.54) is 32.9 Å². The topological polar surface area (TPSA) is 169 Å². The summed E-state index contributed by atoms with van der Waals surface area (Å²) in [7, 11) is 4.92. The molecule has 286 valence electrons. The van der Waals surface area contributed by atoms with Gasteiger partial charge in [0.05, 0.1) is 31.6 Å². The van der Waals surface area contributed by atoms with Crippen LogP contribution in [-0.4, -0.2) is 102 Å². The van der Waals surface area contributed by atoms with Gasteiger partial charge in [-0.25, -0.2) is 4.79 Å². The van der Waals surface area contributed by atoms with Crippen molar-refractivity contribution >= 4 is 23.7 Å². The van der Waals surface area contributed by atoms with Gasteiger partial charge in [0.2, 0.25) is 6.79 Å². The van der Waals surface area contributed by atoms with Crippen LogP contribution in [0.25, 0.3) is 0 Å². The summed E-state index contributed by atoms with van der Waals surface area (Å²) in [5.74, 6) is 0.890. The van der Waals surface area contributed by atoms with Crippen LogP contribution in [0.1, 0.15) is 68.8 Å². The maximum absolute atomic E-state index is 14.7. The Kier molecular flexibility index (Phi) is 8.04. The summed E-state index contributed by atoms with van der Waals surface area (Å²) >= 11 is 1.47. The van der Waals surface area contributed by atoms with Gasteiger partial charge < -0.3 is 43.7 Å². The number of nitrogens with zero attached hydrogens (tertiary/aromatic N) is 2. The average Bonchev–Trinajstić information content (AvgIpc) is 3.54. The van der Waals surface area contributed by atoms with E-state index in [1.54, 1.807) is 12.1 Å². The van der Waals surface area contributed by atoms with Crippen LogP contribution in [0.3, 0.4) is 0 Å². The number of benzene rings is 3. The van der Waals surface area contributed by atoms with Gasteiger partial charge in [-0.3, -0.25) is 19.9 Å². The first kappa shape index (κ1) is 35.3. The lowest BCUT2D eigenvalue weighted by atomic mass is 9.78. The molecule has 3 unspecified atom stereocenters. The summed E-state index contributed by atoms with van der Waals surface area (Å²) < 4.78 is 36.0. The number of nitrogens with one attached hydrogen (secondary N) is 1. The van der Waals surface area contributed by atoms with Gasteiger partial charge >= 0.3 is 11.9 Å². The van der Waals surface area contributed by atoms with Crippen molar-refractivity contribution in [2.45, 2.75) is 68.3 Å². The molecular formula is C39H43N3O11S. The van der Waals surface area contributed by atoms with E-state index in [0.717, 1.165) is 16.7 Å². The molecule has 2 fully saturated rings. The van der Waals surface area contributed by atoms with Crippen molar-refractivity contribution in [3.05, 3.63) is 62.7 Å². The van der Waals surface area contributed by atoms with Crippen LogP contribution in [0.15, 0.2) is 18.2 Å². The van der Waals surface area contributed by atoms with Crippen molar-refractivity contribution in [3.63, 3.8) is 0 Å². The summed E-state index contributed by atoms with van der Waals surface area (Å²) in [6.45, 7) is 5.44. The second kappa shape index (κ2) is 12.3. The second-order valence-corrected chi connectivity index (χ2v) is 16.2. The Morgan fingerprint density at radius 2 is 1.80 bits per heavy atom. The van der Waals surface area contributed by atoms with Gasteiger partial charge in [-0.1, -0.05) is 6.07 Å². The molecule has 7 atom stereocenters. The zero-order valence-electron chi connectivity index (χ0n) is 30.9. The Labute approximate surface area is 316 Å². The molecule has 0 aromatic heterocycles. The minimum Gasteiger partial charge on any atom is -0.504 e. The number of hydrogen-bond donors (Lipinski definition) is 4. The number of aromatic hydroxyl groups is 2. The summed E-state index contributed by atoms with van der Waals surface area (Å²) in [5, 5.41) is 38.8. The molecule has 0 aliphatic carbocycles. The van der Waals surface area contributed by atoms with Gasteiger partial charge in [-0.15, -0.1) is 11.8 Å². The predicted octanol–water partition coefficient (Wildman–Crippen LogP) is 3.41. The normalized spacial score (nSPS) is 30.4. The van der Waals surface area contributed by atoms with Gasteiger partial charge in [-0.05, 0) is 61.7 Å². The first-order valence-corrected chi connectivity index (χ1v) is 19.1. The number of phenols is 2. The largest absolute Gasteiger partial charge is 0.504 e. The standard InChI is InChI=1S/C39H43N3O11S/c1-17-9-21-12-38(47)14-41(4)29(26(21)31(45)32(17)49-6)30-36-28-27(35-34(51-16-52-35)18(2)33(28)53-19(3)43)23(42(30)38)13-50-37(46)39(15-54-36)22-11-25(48-5)24(44)10-20(22)7-8-40-39/h9-11,23,29-30,36,40,44-45,47H,7-8,12-16H2,1-6H3/t23-,29?,30+,36+,38?,39+/m0/s1. The van der Waals surface area contributed by atoms with E-state index in [0.29, 0.717) is 63.8 Å². The predicted molar refractivity (Wildman–Crippen MR) is 195 cm³/mol. The van der Waals surface area contributed by atoms with E-state index in [4.69, 9.17) is 28.4 Å². The van der Waals surface area contributed by atoms with Crippen LogP contribution < -0.4 is 29.0 Å². The van der Waals surface area contributed by atoms with E-state index in [2.05, 4.69) is 10.2 Å². The van der Waals surface area contributed by atoms with Crippen LogP contribution >= 0.6 is 11.8 Å². The maximum atomic E-state index is 14.7. The Morgan fingerprint density at radius 3 is 2.54 bits per heavy atom. The van der Waals surface area contributed by atoms with Crippen molar-refractivity contribution in [1.82, 2.24) is 15.1 Å². The number of ether oxygens (including phenoxy) is 6. The van der Waals surface area contributed by atoms with E-state index in [9.17, 15) is 24.9 Å². The number of carbonyl (C=O) groups excluding carboxylic acids is 2. The van der Waals surface area contributed by atoms with Crippen LogP contribution in [-0.2, 0) is 32.7 Å². The zero-order valence-corrected chi connectivity index (χ0v) is 31.7. The lowest BCUT2D eigenvalue weighted by molar-refractivity contribution is -0.215. The van der Waals surface area contributed by atoms with E-state index in [-0.39, 0.29) is 49.4 Å². The molecule has 0 amide bonds. The molecule has 54 heavy (non-hydrogen) atoms. The highest BCUT2D eigenvalue weighted by Crippen LogP contribution is 2.65. The van der Waals surface area contributed by atoms with Gasteiger partial charge in [0.1, 0.15) is 18.1 Å². The monoisotopic (exact) mass is 761 g/mol. The van der Waals surface area contributed by atoms with Crippen molar-refractivity contribution in [2.75, 3.05) is 53.5 Å².